The molecule has 2 heterocycles. The lowest BCUT2D eigenvalue weighted by Gasteiger charge is -2.27. The normalized spacial score (nSPS) is 23.1. The number of morpholine rings is 1. The Morgan fingerprint density at radius 1 is 1.43 bits per heavy atom. The van der Waals surface area contributed by atoms with Crippen LogP contribution in [0.15, 0.2) is 18.2 Å². The third-order valence-corrected chi connectivity index (χ3v) is 4.90. The van der Waals surface area contributed by atoms with Crippen molar-refractivity contribution < 1.29 is 28.2 Å². The van der Waals surface area contributed by atoms with Crippen molar-refractivity contribution in [2.24, 2.45) is 5.73 Å². The highest BCUT2D eigenvalue weighted by Crippen LogP contribution is 2.24. The smallest absolute Gasteiger partial charge is 0.253 e. The molecular formula is C18H23FN4O5. The van der Waals surface area contributed by atoms with E-state index in [4.69, 9.17) is 15.2 Å². The van der Waals surface area contributed by atoms with Gasteiger partial charge < -0.3 is 25.4 Å². The second-order valence-electron chi connectivity index (χ2n) is 6.75. The summed E-state index contributed by atoms with van der Waals surface area (Å²) in [5.41, 5.74) is 5.78. The number of rotatable bonds is 6. The summed E-state index contributed by atoms with van der Waals surface area (Å²) in [5.74, 6) is -1.91. The molecule has 0 aromatic heterocycles. The van der Waals surface area contributed by atoms with Gasteiger partial charge in [0.15, 0.2) is 0 Å². The molecule has 10 heteroatoms. The number of amides is 3. The van der Waals surface area contributed by atoms with E-state index in [0.29, 0.717) is 31.8 Å². The predicted molar refractivity (Wildman–Crippen MR) is 98.2 cm³/mol. The van der Waals surface area contributed by atoms with Crippen LogP contribution in [0.4, 0.5) is 15.8 Å². The minimum atomic E-state index is -0.659. The molecule has 28 heavy (non-hydrogen) atoms. The Bertz CT molecular complexity index is 774. The van der Waals surface area contributed by atoms with Crippen molar-refractivity contribution in [3.05, 3.63) is 24.0 Å². The topological polar surface area (TPSA) is 114 Å². The number of anilines is 2. The van der Waals surface area contributed by atoms with E-state index in [1.165, 1.54) is 24.1 Å². The molecule has 1 unspecified atom stereocenters. The summed E-state index contributed by atoms with van der Waals surface area (Å²) in [6.07, 6.45) is 0.225. The largest absolute Gasteiger partial charge is 0.380 e. The number of carbonyl (C=O) groups is 3. The first-order valence-electron chi connectivity index (χ1n) is 8.92. The van der Waals surface area contributed by atoms with Gasteiger partial charge in [-0.3, -0.25) is 19.3 Å². The van der Waals surface area contributed by atoms with E-state index in [-0.39, 0.29) is 30.9 Å². The van der Waals surface area contributed by atoms with Gasteiger partial charge in [-0.25, -0.2) is 4.39 Å². The molecule has 152 valence electrons. The maximum absolute atomic E-state index is 14.4. The van der Waals surface area contributed by atoms with Crippen LogP contribution >= 0.6 is 0 Å². The predicted octanol–water partition coefficient (Wildman–Crippen LogP) is -0.298. The maximum atomic E-state index is 14.4. The summed E-state index contributed by atoms with van der Waals surface area (Å²) in [4.78, 5) is 38.8. The number of primary amides is 1. The van der Waals surface area contributed by atoms with Gasteiger partial charge in [-0.05, 0) is 24.6 Å². The van der Waals surface area contributed by atoms with Crippen molar-refractivity contribution >= 4 is 29.1 Å². The van der Waals surface area contributed by atoms with Crippen molar-refractivity contribution in [2.45, 2.75) is 18.6 Å². The standard InChI is InChI=1S/C18H23FN4O5/c1-27-12-7-15(18(20)26)22(8-12)9-16(24)21-14-3-2-11(6-13(14)19)23-4-5-28-10-17(23)25/h2-3,6,12,15H,4-5,7-10H2,1H3,(H2,20,26)(H,21,24)/t12-,15?/m0/s1. The average molecular weight is 394 g/mol. The molecule has 2 atom stereocenters. The first-order valence-corrected chi connectivity index (χ1v) is 8.92. The van der Waals surface area contributed by atoms with E-state index in [9.17, 15) is 18.8 Å². The number of benzene rings is 1. The van der Waals surface area contributed by atoms with Gasteiger partial charge in [-0.1, -0.05) is 0 Å². The second-order valence-corrected chi connectivity index (χ2v) is 6.75. The zero-order chi connectivity index (χ0) is 20.3. The highest BCUT2D eigenvalue weighted by atomic mass is 19.1. The lowest BCUT2D eigenvalue weighted by molar-refractivity contribution is -0.126. The number of hydrogen-bond acceptors (Lipinski definition) is 6. The van der Waals surface area contributed by atoms with Crippen LogP contribution in [0, 0.1) is 5.82 Å². The van der Waals surface area contributed by atoms with Crippen LogP contribution in [0.25, 0.3) is 0 Å². The number of carbonyl (C=O) groups excluding carboxylic acids is 3. The fourth-order valence-corrected chi connectivity index (χ4v) is 3.44. The van der Waals surface area contributed by atoms with Crippen LogP contribution in [0.2, 0.25) is 0 Å². The molecule has 0 saturated carbocycles. The molecule has 2 aliphatic rings. The highest BCUT2D eigenvalue weighted by Gasteiger charge is 2.36. The summed E-state index contributed by atoms with van der Waals surface area (Å²) in [7, 11) is 1.53. The van der Waals surface area contributed by atoms with E-state index in [0.717, 1.165) is 0 Å². The highest BCUT2D eigenvalue weighted by molar-refractivity contribution is 5.96. The average Bonchev–Trinajstić information content (AvgIpc) is 3.07. The van der Waals surface area contributed by atoms with Crippen molar-refractivity contribution in [3.63, 3.8) is 0 Å². The van der Waals surface area contributed by atoms with E-state index >= 15 is 0 Å². The van der Waals surface area contributed by atoms with Crippen LogP contribution in [-0.4, -0.2) is 74.7 Å². The summed E-state index contributed by atoms with van der Waals surface area (Å²) in [6.45, 7) is 0.952. The molecule has 0 aliphatic carbocycles. The molecule has 0 bridgehead atoms. The molecule has 1 aromatic carbocycles. The summed E-state index contributed by atoms with van der Waals surface area (Å²) in [6, 6.07) is 3.56. The zero-order valence-corrected chi connectivity index (χ0v) is 15.5. The molecule has 2 fully saturated rings. The fourth-order valence-electron chi connectivity index (χ4n) is 3.44. The van der Waals surface area contributed by atoms with E-state index in [1.54, 1.807) is 11.0 Å². The molecular weight excluding hydrogens is 371 g/mol. The van der Waals surface area contributed by atoms with Gasteiger partial charge in [-0.15, -0.1) is 0 Å². The van der Waals surface area contributed by atoms with Gasteiger partial charge in [0.1, 0.15) is 12.4 Å². The van der Waals surface area contributed by atoms with Gasteiger partial charge in [0.2, 0.25) is 11.8 Å². The van der Waals surface area contributed by atoms with Crippen molar-refractivity contribution in [1.82, 2.24) is 4.90 Å². The Labute approximate surface area is 161 Å². The Hall–Kier alpha value is -2.56. The molecule has 0 radical (unpaired) electrons. The van der Waals surface area contributed by atoms with Gasteiger partial charge in [0.25, 0.3) is 5.91 Å². The Kier molecular flexibility index (Phi) is 6.22. The fraction of sp³-hybridized carbons (Fsp3) is 0.500. The maximum Gasteiger partial charge on any atom is 0.253 e. The molecule has 0 spiro atoms. The lowest BCUT2D eigenvalue weighted by Crippen LogP contribution is -2.44. The molecule has 9 nitrogen and oxygen atoms in total. The van der Waals surface area contributed by atoms with Crippen molar-refractivity contribution in [1.29, 1.82) is 0 Å². The van der Waals surface area contributed by atoms with Gasteiger partial charge in [0, 0.05) is 25.9 Å². The van der Waals surface area contributed by atoms with Gasteiger partial charge >= 0.3 is 0 Å². The molecule has 1 aromatic rings. The lowest BCUT2D eigenvalue weighted by atomic mass is 10.2. The second kappa shape index (κ2) is 8.63. The Morgan fingerprint density at radius 2 is 2.21 bits per heavy atom. The quantitative estimate of drug-likeness (QED) is 0.685. The number of nitrogens with zero attached hydrogens (tertiary/aromatic N) is 2. The number of halogens is 1. The van der Waals surface area contributed by atoms with Crippen LogP contribution in [0.1, 0.15) is 6.42 Å². The molecule has 3 N–H and O–H groups in total. The third kappa shape index (κ3) is 4.46. The van der Waals surface area contributed by atoms with E-state index in [2.05, 4.69) is 5.32 Å². The van der Waals surface area contributed by atoms with E-state index in [1.807, 2.05) is 0 Å². The van der Waals surface area contributed by atoms with Crippen molar-refractivity contribution in [3.8, 4) is 0 Å². The molecule has 3 rings (SSSR count). The van der Waals surface area contributed by atoms with Gasteiger partial charge in [-0.2, -0.15) is 0 Å². The number of likely N-dealkylation sites (tertiary alicyclic amines) is 1. The monoisotopic (exact) mass is 394 g/mol. The minimum absolute atomic E-state index is 0.00688. The number of ether oxygens (including phenoxy) is 2. The first-order chi connectivity index (χ1) is 13.4. The number of hydrogen-bond donors (Lipinski definition) is 2. The van der Waals surface area contributed by atoms with Crippen LogP contribution in [0.5, 0.6) is 0 Å². The number of nitrogens with one attached hydrogen (secondary N) is 1. The molecule has 3 amide bonds. The number of methoxy groups -OCH3 is 1. The van der Waals surface area contributed by atoms with Crippen molar-refractivity contribution in [2.75, 3.05) is 50.2 Å². The van der Waals surface area contributed by atoms with Crippen LogP contribution < -0.4 is 16.0 Å². The minimum Gasteiger partial charge on any atom is -0.380 e. The van der Waals surface area contributed by atoms with E-state index < -0.39 is 23.7 Å². The van der Waals surface area contributed by atoms with Crippen LogP contribution in [0.3, 0.4) is 0 Å². The molecule has 2 aliphatic heterocycles. The van der Waals surface area contributed by atoms with Gasteiger partial charge in [0.05, 0.1) is 31.0 Å². The Balaban J connectivity index is 1.64. The summed E-state index contributed by atoms with van der Waals surface area (Å²) in [5, 5.41) is 2.49. The summed E-state index contributed by atoms with van der Waals surface area (Å²) >= 11 is 0. The Morgan fingerprint density at radius 3 is 2.86 bits per heavy atom. The summed E-state index contributed by atoms with van der Waals surface area (Å²) < 4.78 is 24.7. The molecule has 2 saturated heterocycles. The SMILES string of the molecule is CO[C@H]1CC(C(N)=O)N(CC(=O)Nc2ccc(N3CCOCC3=O)cc2F)C1. The number of nitrogens with two attached hydrogens (primary N) is 1. The third-order valence-electron chi connectivity index (χ3n) is 4.90. The van der Waals surface area contributed by atoms with Crippen LogP contribution in [-0.2, 0) is 23.9 Å². The zero-order valence-electron chi connectivity index (χ0n) is 15.5. The first kappa shape index (κ1) is 20.2.